The van der Waals surface area contributed by atoms with E-state index >= 15 is 0 Å². The minimum Gasteiger partial charge on any atom is -0.489 e. The van der Waals surface area contributed by atoms with Crippen LogP contribution in [-0.2, 0) is 23.4 Å². The van der Waals surface area contributed by atoms with E-state index in [2.05, 4.69) is 5.10 Å². The third-order valence-corrected chi connectivity index (χ3v) is 4.47. The number of hydrogen-bond donors (Lipinski definition) is 1. The Balaban J connectivity index is 2.00. The van der Waals surface area contributed by atoms with Crippen LogP contribution in [0.4, 0.5) is 0 Å². The van der Waals surface area contributed by atoms with E-state index in [0.29, 0.717) is 12.3 Å². The van der Waals surface area contributed by atoms with Crippen molar-refractivity contribution in [2.24, 2.45) is 12.8 Å². The monoisotopic (exact) mass is 295 g/mol. The lowest BCUT2D eigenvalue weighted by molar-refractivity contribution is 0.340. The summed E-state index contributed by atoms with van der Waals surface area (Å²) in [5, 5.41) is 3.94. The molecule has 0 amide bonds. The standard InChI is InChI=1S/C13H17N3O3S/c1-16-10-12(9-15-16)19-5-6-20(17,18)13-4-2-3-11(7-13)8-14/h2-4,7,9-10H,5-6,8,14H2,1H3. The lowest BCUT2D eigenvalue weighted by Crippen LogP contribution is -2.14. The average molecular weight is 295 g/mol. The van der Waals surface area contributed by atoms with E-state index in [1.54, 1.807) is 48.4 Å². The normalized spacial score (nSPS) is 11.5. The summed E-state index contributed by atoms with van der Waals surface area (Å²) < 4.78 is 31.3. The number of aromatic nitrogens is 2. The van der Waals surface area contributed by atoms with E-state index in [-0.39, 0.29) is 17.3 Å². The molecule has 2 N–H and O–H groups in total. The topological polar surface area (TPSA) is 87.2 Å². The van der Waals surface area contributed by atoms with Gasteiger partial charge >= 0.3 is 0 Å². The van der Waals surface area contributed by atoms with Crippen LogP contribution in [0, 0.1) is 0 Å². The van der Waals surface area contributed by atoms with Gasteiger partial charge in [0.25, 0.3) is 0 Å². The zero-order chi connectivity index (χ0) is 14.6. The van der Waals surface area contributed by atoms with Crippen LogP contribution in [-0.4, -0.2) is 30.6 Å². The van der Waals surface area contributed by atoms with E-state index in [9.17, 15) is 8.42 Å². The molecule has 0 fully saturated rings. The van der Waals surface area contributed by atoms with Gasteiger partial charge in [-0.25, -0.2) is 8.42 Å². The van der Waals surface area contributed by atoms with Crippen molar-refractivity contribution in [3.05, 3.63) is 42.2 Å². The molecule has 0 saturated heterocycles. The second-order valence-electron chi connectivity index (χ2n) is 4.37. The van der Waals surface area contributed by atoms with Crippen LogP contribution < -0.4 is 10.5 Å². The predicted octanol–water partition coefficient (Wildman–Crippen LogP) is 0.731. The second kappa shape index (κ2) is 6.06. The molecule has 20 heavy (non-hydrogen) atoms. The SMILES string of the molecule is Cn1cc(OCCS(=O)(=O)c2cccc(CN)c2)cn1. The number of benzene rings is 1. The smallest absolute Gasteiger partial charge is 0.181 e. The summed E-state index contributed by atoms with van der Waals surface area (Å²) in [5.74, 6) is 0.467. The first-order valence-electron chi connectivity index (χ1n) is 6.14. The van der Waals surface area contributed by atoms with Crippen molar-refractivity contribution in [2.45, 2.75) is 11.4 Å². The molecule has 0 radical (unpaired) electrons. The van der Waals surface area contributed by atoms with Crippen molar-refractivity contribution >= 4 is 9.84 Å². The van der Waals surface area contributed by atoms with Gasteiger partial charge in [0.15, 0.2) is 15.6 Å². The number of nitrogens with zero attached hydrogens (tertiary/aromatic N) is 2. The van der Waals surface area contributed by atoms with Crippen molar-refractivity contribution in [3.63, 3.8) is 0 Å². The lowest BCUT2D eigenvalue weighted by Gasteiger charge is -2.07. The summed E-state index contributed by atoms with van der Waals surface area (Å²) in [6.45, 7) is 0.399. The Morgan fingerprint density at radius 2 is 2.20 bits per heavy atom. The minimum absolute atomic E-state index is 0.0842. The Bertz CT molecular complexity index is 680. The highest BCUT2D eigenvalue weighted by atomic mass is 32.2. The van der Waals surface area contributed by atoms with Gasteiger partial charge in [-0.1, -0.05) is 12.1 Å². The summed E-state index contributed by atoms with van der Waals surface area (Å²) in [5.41, 5.74) is 6.30. The molecule has 0 bridgehead atoms. The first kappa shape index (κ1) is 14.5. The number of aryl methyl sites for hydroxylation is 1. The van der Waals surface area contributed by atoms with Gasteiger partial charge in [-0.2, -0.15) is 5.10 Å². The fourth-order valence-corrected chi connectivity index (χ4v) is 2.88. The lowest BCUT2D eigenvalue weighted by atomic mass is 10.2. The highest BCUT2D eigenvalue weighted by molar-refractivity contribution is 7.91. The average Bonchev–Trinajstić information content (AvgIpc) is 2.84. The number of sulfone groups is 1. The van der Waals surface area contributed by atoms with Crippen LogP contribution >= 0.6 is 0 Å². The maximum Gasteiger partial charge on any atom is 0.181 e. The molecule has 0 spiro atoms. The van der Waals surface area contributed by atoms with Gasteiger partial charge in [0, 0.05) is 13.6 Å². The molecule has 0 unspecified atom stereocenters. The Labute approximate surface area is 118 Å². The summed E-state index contributed by atoms with van der Waals surface area (Å²) in [7, 11) is -1.60. The first-order valence-corrected chi connectivity index (χ1v) is 7.80. The minimum atomic E-state index is -3.36. The maximum absolute atomic E-state index is 12.2. The first-order chi connectivity index (χ1) is 9.51. The van der Waals surface area contributed by atoms with Crippen LogP contribution in [0.2, 0.25) is 0 Å². The van der Waals surface area contributed by atoms with E-state index in [4.69, 9.17) is 10.5 Å². The number of ether oxygens (including phenoxy) is 1. The highest BCUT2D eigenvalue weighted by Gasteiger charge is 2.15. The van der Waals surface area contributed by atoms with Crippen LogP contribution in [0.5, 0.6) is 5.75 Å². The molecule has 7 heteroatoms. The molecule has 2 aromatic rings. The van der Waals surface area contributed by atoms with Crippen LogP contribution in [0.3, 0.4) is 0 Å². The zero-order valence-corrected chi connectivity index (χ0v) is 12.0. The van der Waals surface area contributed by atoms with E-state index in [0.717, 1.165) is 5.56 Å². The molecule has 0 atom stereocenters. The molecule has 0 saturated carbocycles. The molecule has 1 heterocycles. The van der Waals surface area contributed by atoms with Crippen LogP contribution in [0.1, 0.15) is 5.56 Å². The van der Waals surface area contributed by atoms with Gasteiger partial charge in [0.1, 0.15) is 6.61 Å². The predicted molar refractivity (Wildman–Crippen MR) is 75.1 cm³/mol. The molecule has 0 aliphatic carbocycles. The molecule has 6 nitrogen and oxygen atoms in total. The number of hydrogen-bond acceptors (Lipinski definition) is 5. The van der Waals surface area contributed by atoms with Crippen molar-refractivity contribution in [1.29, 1.82) is 0 Å². The summed E-state index contributed by atoms with van der Waals surface area (Å²) in [6.07, 6.45) is 3.23. The molecule has 1 aromatic heterocycles. The Kier molecular flexibility index (Phi) is 4.41. The van der Waals surface area contributed by atoms with Crippen molar-refractivity contribution < 1.29 is 13.2 Å². The van der Waals surface area contributed by atoms with Crippen LogP contribution in [0.15, 0.2) is 41.6 Å². The fraction of sp³-hybridized carbons (Fsp3) is 0.308. The molecule has 0 aliphatic heterocycles. The largest absolute Gasteiger partial charge is 0.489 e. The molecular formula is C13H17N3O3S. The Morgan fingerprint density at radius 1 is 1.40 bits per heavy atom. The van der Waals surface area contributed by atoms with Gasteiger partial charge in [0.2, 0.25) is 0 Å². The van der Waals surface area contributed by atoms with Gasteiger partial charge in [-0.3, -0.25) is 4.68 Å². The second-order valence-corrected chi connectivity index (χ2v) is 6.48. The third kappa shape index (κ3) is 3.58. The molecule has 1 aromatic carbocycles. The molecule has 2 rings (SSSR count). The zero-order valence-electron chi connectivity index (χ0n) is 11.2. The van der Waals surface area contributed by atoms with E-state index in [1.165, 1.54) is 0 Å². The highest BCUT2D eigenvalue weighted by Crippen LogP contribution is 2.14. The number of nitrogens with two attached hydrogens (primary N) is 1. The van der Waals surface area contributed by atoms with Gasteiger partial charge in [-0.05, 0) is 17.7 Å². The quantitative estimate of drug-likeness (QED) is 0.849. The van der Waals surface area contributed by atoms with Gasteiger partial charge in [-0.15, -0.1) is 0 Å². The molecular weight excluding hydrogens is 278 g/mol. The van der Waals surface area contributed by atoms with Crippen molar-refractivity contribution in [1.82, 2.24) is 9.78 Å². The fourth-order valence-electron chi connectivity index (χ4n) is 1.73. The van der Waals surface area contributed by atoms with Crippen molar-refractivity contribution in [3.8, 4) is 5.75 Å². The maximum atomic E-state index is 12.2. The van der Waals surface area contributed by atoms with E-state index < -0.39 is 9.84 Å². The van der Waals surface area contributed by atoms with Gasteiger partial charge < -0.3 is 10.5 Å². The van der Waals surface area contributed by atoms with Crippen LogP contribution in [0.25, 0.3) is 0 Å². The summed E-state index contributed by atoms with van der Waals surface area (Å²) in [6, 6.07) is 6.65. The van der Waals surface area contributed by atoms with Crippen molar-refractivity contribution in [2.75, 3.05) is 12.4 Å². The third-order valence-electron chi connectivity index (χ3n) is 2.80. The number of rotatable bonds is 6. The summed E-state index contributed by atoms with van der Waals surface area (Å²) >= 11 is 0. The molecule has 0 aliphatic rings. The van der Waals surface area contributed by atoms with Gasteiger partial charge in [0.05, 0.1) is 23.0 Å². The Morgan fingerprint density at radius 3 is 2.85 bits per heavy atom. The van der Waals surface area contributed by atoms with E-state index in [1.807, 2.05) is 0 Å². The Hall–Kier alpha value is -1.86. The molecule has 108 valence electrons. The summed E-state index contributed by atoms with van der Waals surface area (Å²) in [4.78, 5) is 0.273.